The van der Waals surface area contributed by atoms with E-state index in [1.54, 1.807) is 0 Å². The van der Waals surface area contributed by atoms with Crippen LogP contribution in [0.5, 0.6) is 0 Å². The maximum atomic E-state index is 9.05. The first-order chi connectivity index (χ1) is 7.69. The highest BCUT2D eigenvalue weighted by Gasteiger charge is 2.54. The molecule has 3 fully saturated rings. The molecule has 0 unspecified atom stereocenters. The quantitative estimate of drug-likeness (QED) is 0.507. The fourth-order valence-corrected chi connectivity index (χ4v) is 3.68. The average Bonchev–Trinajstić information content (AvgIpc) is 2.85. The standard InChI is InChI=1S/C12H19NO3/c1-11-4-5-12(15-6-7-16-12)8-9(11)2-3-10(11)13-14/h9,14H,2-8H2,1H3/t9-,11+/m1/s1. The molecule has 2 atom stereocenters. The van der Waals surface area contributed by atoms with Crippen molar-refractivity contribution in [1.82, 2.24) is 0 Å². The van der Waals surface area contributed by atoms with E-state index in [0.29, 0.717) is 5.92 Å². The number of hydrogen-bond acceptors (Lipinski definition) is 4. The number of oxime groups is 1. The summed E-state index contributed by atoms with van der Waals surface area (Å²) in [5.41, 5.74) is 1.06. The number of fused-ring (bicyclic) bond motifs is 1. The van der Waals surface area contributed by atoms with Crippen molar-refractivity contribution in [3.8, 4) is 0 Å². The van der Waals surface area contributed by atoms with Crippen molar-refractivity contribution < 1.29 is 14.7 Å². The lowest BCUT2D eigenvalue weighted by atomic mass is 9.67. The molecule has 1 aliphatic heterocycles. The number of ether oxygens (including phenoxy) is 2. The van der Waals surface area contributed by atoms with Gasteiger partial charge in [0.15, 0.2) is 5.79 Å². The molecule has 4 nitrogen and oxygen atoms in total. The van der Waals surface area contributed by atoms with Crippen molar-refractivity contribution >= 4 is 5.71 Å². The first kappa shape index (κ1) is 10.5. The molecule has 0 aromatic carbocycles. The van der Waals surface area contributed by atoms with Crippen LogP contribution in [-0.2, 0) is 9.47 Å². The van der Waals surface area contributed by atoms with E-state index in [1.807, 2.05) is 0 Å². The third-order valence-corrected chi connectivity index (χ3v) is 4.81. The molecule has 0 amide bonds. The lowest BCUT2D eigenvalue weighted by molar-refractivity contribution is -0.197. The Balaban J connectivity index is 1.83. The molecule has 0 bridgehead atoms. The van der Waals surface area contributed by atoms with Crippen LogP contribution in [0.2, 0.25) is 0 Å². The predicted octanol–water partition coefficient (Wildman–Crippen LogP) is 2.16. The molecule has 1 heterocycles. The topological polar surface area (TPSA) is 51.1 Å². The van der Waals surface area contributed by atoms with Gasteiger partial charge in [-0.15, -0.1) is 0 Å². The van der Waals surface area contributed by atoms with Gasteiger partial charge in [-0.1, -0.05) is 12.1 Å². The minimum Gasteiger partial charge on any atom is -0.411 e. The first-order valence-electron chi connectivity index (χ1n) is 6.18. The van der Waals surface area contributed by atoms with Gasteiger partial charge in [0.1, 0.15) is 0 Å². The van der Waals surface area contributed by atoms with E-state index in [2.05, 4.69) is 12.1 Å². The second kappa shape index (κ2) is 3.44. The van der Waals surface area contributed by atoms with Crippen LogP contribution in [0.3, 0.4) is 0 Å². The Morgan fingerprint density at radius 2 is 2.06 bits per heavy atom. The maximum absolute atomic E-state index is 9.05. The van der Waals surface area contributed by atoms with E-state index in [1.165, 1.54) is 0 Å². The van der Waals surface area contributed by atoms with Gasteiger partial charge in [0, 0.05) is 18.3 Å². The fraction of sp³-hybridized carbons (Fsp3) is 0.917. The molecule has 3 rings (SSSR count). The van der Waals surface area contributed by atoms with E-state index in [9.17, 15) is 0 Å². The summed E-state index contributed by atoms with van der Waals surface area (Å²) in [4.78, 5) is 0. The van der Waals surface area contributed by atoms with E-state index in [-0.39, 0.29) is 11.2 Å². The SMILES string of the molecule is C[C@]12CCC3(C[C@H]1CCC2=NO)OCCO3. The zero-order chi connectivity index (χ0) is 11.2. The smallest absolute Gasteiger partial charge is 0.168 e. The van der Waals surface area contributed by atoms with Gasteiger partial charge in [-0.2, -0.15) is 0 Å². The molecular weight excluding hydrogens is 206 g/mol. The van der Waals surface area contributed by atoms with Crippen LogP contribution in [0.15, 0.2) is 5.16 Å². The summed E-state index contributed by atoms with van der Waals surface area (Å²) in [5.74, 6) is 0.236. The summed E-state index contributed by atoms with van der Waals surface area (Å²) < 4.78 is 11.6. The van der Waals surface area contributed by atoms with Gasteiger partial charge in [-0.25, -0.2) is 0 Å². The molecular formula is C12H19NO3. The number of nitrogens with zero attached hydrogens (tertiary/aromatic N) is 1. The van der Waals surface area contributed by atoms with Gasteiger partial charge in [0.2, 0.25) is 0 Å². The predicted molar refractivity (Wildman–Crippen MR) is 58.5 cm³/mol. The summed E-state index contributed by atoms with van der Waals surface area (Å²) in [6, 6.07) is 0. The van der Waals surface area contributed by atoms with Gasteiger partial charge in [0.25, 0.3) is 0 Å². The second-order valence-corrected chi connectivity index (χ2v) is 5.51. The maximum Gasteiger partial charge on any atom is 0.168 e. The molecule has 90 valence electrons. The summed E-state index contributed by atoms with van der Waals surface area (Å²) >= 11 is 0. The van der Waals surface area contributed by atoms with Crippen LogP contribution in [-0.4, -0.2) is 29.9 Å². The molecule has 0 aromatic rings. The second-order valence-electron chi connectivity index (χ2n) is 5.51. The van der Waals surface area contributed by atoms with E-state index in [0.717, 1.165) is 51.0 Å². The van der Waals surface area contributed by atoms with Crippen molar-refractivity contribution in [3.05, 3.63) is 0 Å². The van der Waals surface area contributed by atoms with E-state index < -0.39 is 0 Å². The van der Waals surface area contributed by atoms with Crippen LogP contribution >= 0.6 is 0 Å². The van der Waals surface area contributed by atoms with Crippen molar-refractivity contribution in [2.45, 2.75) is 44.8 Å². The van der Waals surface area contributed by atoms with Crippen molar-refractivity contribution in [2.75, 3.05) is 13.2 Å². The minimum absolute atomic E-state index is 0.0787. The lowest BCUT2D eigenvalue weighted by Crippen LogP contribution is -2.45. The van der Waals surface area contributed by atoms with Gasteiger partial charge < -0.3 is 14.7 Å². The number of rotatable bonds is 0. The van der Waals surface area contributed by atoms with Gasteiger partial charge >= 0.3 is 0 Å². The third-order valence-electron chi connectivity index (χ3n) is 4.81. The average molecular weight is 225 g/mol. The molecule has 2 aliphatic carbocycles. The Labute approximate surface area is 95.6 Å². The highest BCUT2D eigenvalue weighted by atomic mass is 16.7. The highest BCUT2D eigenvalue weighted by Crippen LogP contribution is 2.54. The van der Waals surface area contributed by atoms with Crippen LogP contribution < -0.4 is 0 Å². The van der Waals surface area contributed by atoms with Gasteiger partial charge in [-0.05, 0) is 25.2 Å². The van der Waals surface area contributed by atoms with Crippen LogP contribution in [0.1, 0.15) is 39.0 Å². The van der Waals surface area contributed by atoms with Crippen LogP contribution in [0.4, 0.5) is 0 Å². The zero-order valence-corrected chi connectivity index (χ0v) is 9.74. The fourth-order valence-electron chi connectivity index (χ4n) is 3.68. The Bertz CT molecular complexity index is 322. The van der Waals surface area contributed by atoms with Gasteiger partial charge in [-0.3, -0.25) is 0 Å². The van der Waals surface area contributed by atoms with Crippen LogP contribution in [0, 0.1) is 11.3 Å². The molecule has 1 spiro atoms. The Morgan fingerprint density at radius 1 is 1.31 bits per heavy atom. The normalized spacial score (nSPS) is 44.1. The Hall–Kier alpha value is -0.610. The van der Waals surface area contributed by atoms with Crippen molar-refractivity contribution in [1.29, 1.82) is 0 Å². The summed E-state index contributed by atoms with van der Waals surface area (Å²) in [5, 5.41) is 12.5. The Morgan fingerprint density at radius 3 is 2.75 bits per heavy atom. The van der Waals surface area contributed by atoms with E-state index >= 15 is 0 Å². The lowest BCUT2D eigenvalue weighted by Gasteiger charge is -2.44. The summed E-state index contributed by atoms with van der Waals surface area (Å²) in [6.45, 7) is 3.68. The summed E-state index contributed by atoms with van der Waals surface area (Å²) in [6.07, 6.45) is 4.93. The molecule has 0 aromatic heterocycles. The Kier molecular flexibility index (Phi) is 2.27. The molecule has 1 saturated heterocycles. The van der Waals surface area contributed by atoms with Crippen molar-refractivity contribution in [3.63, 3.8) is 0 Å². The first-order valence-corrected chi connectivity index (χ1v) is 6.18. The molecule has 2 saturated carbocycles. The number of hydrogen-bond donors (Lipinski definition) is 1. The largest absolute Gasteiger partial charge is 0.411 e. The van der Waals surface area contributed by atoms with Gasteiger partial charge in [0.05, 0.1) is 18.9 Å². The summed E-state index contributed by atoms with van der Waals surface area (Å²) in [7, 11) is 0. The molecule has 16 heavy (non-hydrogen) atoms. The molecule has 4 heteroatoms. The molecule has 1 N–H and O–H groups in total. The highest BCUT2D eigenvalue weighted by molar-refractivity contribution is 5.91. The van der Waals surface area contributed by atoms with Crippen LogP contribution in [0.25, 0.3) is 0 Å². The molecule has 3 aliphatic rings. The zero-order valence-electron chi connectivity index (χ0n) is 9.74. The van der Waals surface area contributed by atoms with E-state index in [4.69, 9.17) is 14.7 Å². The monoisotopic (exact) mass is 225 g/mol. The minimum atomic E-state index is -0.310. The van der Waals surface area contributed by atoms with Crippen molar-refractivity contribution in [2.24, 2.45) is 16.5 Å². The molecule has 0 radical (unpaired) electrons. The third kappa shape index (κ3) is 1.32.